The van der Waals surface area contributed by atoms with Crippen molar-refractivity contribution >= 4 is 29.1 Å². The van der Waals surface area contributed by atoms with E-state index in [-0.39, 0.29) is 18.4 Å². The highest BCUT2D eigenvalue weighted by molar-refractivity contribution is 7.12. The second-order valence-electron chi connectivity index (χ2n) is 5.48. The van der Waals surface area contributed by atoms with Gasteiger partial charge in [-0.05, 0) is 23.8 Å². The standard InChI is InChI=1S/C15H22N2O5S/c1-9(2)6-11(15(20)21)17-12(18)7-16-14(19)13-10(8-22-3)4-5-23-13/h4-5,9,11H,6-8H2,1-3H3,(H,16,19)(H,17,18)(H,20,21)/t11-/m0/s1. The van der Waals surface area contributed by atoms with Gasteiger partial charge in [0.05, 0.1) is 18.0 Å². The van der Waals surface area contributed by atoms with Crippen LogP contribution in [0.2, 0.25) is 0 Å². The minimum absolute atomic E-state index is 0.133. The number of hydrogen-bond acceptors (Lipinski definition) is 5. The van der Waals surface area contributed by atoms with Crippen LogP contribution in [0.3, 0.4) is 0 Å². The van der Waals surface area contributed by atoms with Gasteiger partial charge < -0.3 is 20.5 Å². The maximum Gasteiger partial charge on any atom is 0.326 e. The monoisotopic (exact) mass is 342 g/mol. The van der Waals surface area contributed by atoms with Gasteiger partial charge in [-0.2, -0.15) is 0 Å². The molecule has 7 nitrogen and oxygen atoms in total. The van der Waals surface area contributed by atoms with E-state index in [0.717, 1.165) is 5.56 Å². The second-order valence-corrected chi connectivity index (χ2v) is 6.39. The fourth-order valence-corrected chi connectivity index (χ4v) is 2.81. The molecule has 128 valence electrons. The lowest BCUT2D eigenvalue weighted by atomic mass is 10.0. The van der Waals surface area contributed by atoms with Crippen molar-refractivity contribution in [1.82, 2.24) is 10.6 Å². The predicted molar refractivity (Wildman–Crippen MR) is 86.4 cm³/mol. The van der Waals surface area contributed by atoms with Gasteiger partial charge in [0.2, 0.25) is 5.91 Å². The lowest BCUT2D eigenvalue weighted by Crippen LogP contribution is -2.46. The van der Waals surface area contributed by atoms with Crippen LogP contribution in [0.5, 0.6) is 0 Å². The quantitative estimate of drug-likeness (QED) is 0.626. The molecule has 1 rings (SSSR count). The SMILES string of the molecule is COCc1ccsc1C(=O)NCC(=O)N[C@@H](CC(C)C)C(=O)O. The normalized spacial score (nSPS) is 12.0. The average molecular weight is 342 g/mol. The molecule has 0 radical (unpaired) electrons. The zero-order valence-corrected chi connectivity index (χ0v) is 14.2. The lowest BCUT2D eigenvalue weighted by Gasteiger charge is -2.16. The minimum Gasteiger partial charge on any atom is -0.480 e. The molecule has 0 spiro atoms. The number of carbonyl (C=O) groups excluding carboxylic acids is 2. The smallest absolute Gasteiger partial charge is 0.326 e. The van der Waals surface area contributed by atoms with Crippen molar-refractivity contribution in [2.45, 2.75) is 32.9 Å². The molecule has 23 heavy (non-hydrogen) atoms. The van der Waals surface area contributed by atoms with Gasteiger partial charge in [0.15, 0.2) is 0 Å². The van der Waals surface area contributed by atoms with Crippen LogP contribution < -0.4 is 10.6 Å². The van der Waals surface area contributed by atoms with Crippen LogP contribution in [0.25, 0.3) is 0 Å². The summed E-state index contributed by atoms with van der Waals surface area (Å²) in [6.45, 7) is 3.79. The molecular weight excluding hydrogens is 320 g/mol. The third-order valence-corrected chi connectivity index (χ3v) is 3.96. The summed E-state index contributed by atoms with van der Waals surface area (Å²) in [6.07, 6.45) is 0.331. The van der Waals surface area contributed by atoms with Crippen LogP contribution in [0.15, 0.2) is 11.4 Å². The molecule has 1 atom stereocenters. The Balaban J connectivity index is 2.53. The van der Waals surface area contributed by atoms with Gasteiger partial charge in [0.1, 0.15) is 6.04 Å². The first-order chi connectivity index (χ1) is 10.8. The fraction of sp³-hybridized carbons (Fsp3) is 0.533. The molecule has 0 aliphatic heterocycles. The molecule has 8 heteroatoms. The van der Waals surface area contributed by atoms with Gasteiger partial charge in [-0.15, -0.1) is 11.3 Å². The van der Waals surface area contributed by atoms with E-state index in [0.29, 0.717) is 17.9 Å². The number of hydrogen-bond donors (Lipinski definition) is 3. The molecule has 0 aliphatic rings. The van der Waals surface area contributed by atoms with Crippen molar-refractivity contribution in [2.75, 3.05) is 13.7 Å². The summed E-state index contributed by atoms with van der Waals surface area (Å²) in [5.74, 6) is -1.86. The summed E-state index contributed by atoms with van der Waals surface area (Å²) in [7, 11) is 1.54. The zero-order valence-electron chi connectivity index (χ0n) is 13.4. The first-order valence-electron chi connectivity index (χ1n) is 7.20. The van der Waals surface area contributed by atoms with E-state index < -0.39 is 17.9 Å². The van der Waals surface area contributed by atoms with E-state index in [9.17, 15) is 14.4 Å². The second kappa shape index (κ2) is 9.26. The number of ether oxygens (including phenoxy) is 1. The Kier molecular flexibility index (Phi) is 7.70. The fourth-order valence-electron chi connectivity index (χ4n) is 1.98. The van der Waals surface area contributed by atoms with Crippen molar-refractivity contribution in [1.29, 1.82) is 0 Å². The summed E-state index contributed by atoms with van der Waals surface area (Å²) in [5, 5.41) is 15.8. The largest absolute Gasteiger partial charge is 0.480 e. The van der Waals surface area contributed by atoms with Gasteiger partial charge in [-0.1, -0.05) is 13.8 Å². The van der Waals surface area contributed by atoms with Gasteiger partial charge in [-0.25, -0.2) is 4.79 Å². The summed E-state index contributed by atoms with van der Waals surface area (Å²) < 4.78 is 5.00. The zero-order chi connectivity index (χ0) is 17.4. The molecule has 1 aromatic heterocycles. The maximum absolute atomic E-state index is 12.1. The number of methoxy groups -OCH3 is 1. The number of nitrogens with one attached hydrogen (secondary N) is 2. The molecular formula is C15H22N2O5S. The molecule has 3 N–H and O–H groups in total. The van der Waals surface area contributed by atoms with Crippen LogP contribution in [0.1, 0.15) is 35.5 Å². The number of thiophene rings is 1. The number of carbonyl (C=O) groups is 3. The number of amides is 2. The number of aliphatic carboxylic acids is 1. The first-order valence-corrected chi connectivity index (χ1v) is 8.08. The third kappa shape index (κ3) is 6.37. The van der Waals surface area contributed by atoms with E-state index >= 15 is 0 Å². The van der Waals surface area contributed by atoms with Crippen molar-refractivity contribution in [2.24, 2.45) is 5.92 Å². The van der Waals surface area contributed by atoms with Crippen LogP contribution in [-0.4, -0.2) is 42.6 Å². The van der Waals surface area contributed by atoms with Crippen molar-refractivity contribution in [3.8, 4) is 0 Å². The average Bonchev–Trinajstić information content (AvgIpc) is 2.92. The molecule has 0 aliphatic carbocycles. The number of carboxylic acids is 1. The highest BCUT2D eigenvalue weighted by atomic mass is 32.1. The van der Waals surface area contributed by atoms with E-state index in [1.165, 1.54) is 18.4 Å². The number of carboxylic acid groups (broad SMARTS) is 1. The van der Waals surface area contributed by atoms with Crippen LogP contribution >= 0.6 is 11.3 Å². The molecule has 0 bridgehead atoms. The predicted octanol–water partition coefficient (Wildman–Crippen LogP) is 1.24. The highest BCUT2D eigenvalue weighted by Gasteiger charge is 2.21. The van der Waals surface area contributed by atoms with Gasteiger partial charge in [0.25, 0.3) is 5.91 Å². The van der Waals surface area contributed by atoms with Crippen LogP contribution in [-0.2, 0) is 20.9 Å². The molecule has 0 unspecified atom stereocenters. The summed E-state index contributed by atoms with van der Waals surface area (Å²) in [6, 6.07) is 0.830. The van der Waals surface area contributed by atoms with Crippen molar-refractivity contribution < 1.29 is 24.2 Å². The molecule has 0 saturated heterocycles. The summed E-state index contributed by atoms with van der Waals surface area (Å²) in [4.78, 5) is 35.4. The molecule has 1 aromatic rings. The topological polar surface area (TPSA) is 105 Å². The molecule has 0 saturated carbocycles. The summed E-state index contributed by atoms with van der Waals surface area (Å²) in [5.41, 5.74) is 0.749. The molecule has 0 fully saturated rings. The van der Waals surface area contributed by atoms with Crippen LogP contribution in [0, 0.1) is 5.92 Å². The third-order valence-electron chi connectivity index (χ3n) is 3.00. The van der Waals surface area contributed by atoms with E-state index in [1.54, 1.807) is 11.4 Å². The first kappa shape index (κ1) is 19.1. The van der Waals surface area contributed by atoms with Crippen molar-refractivity contribution in [3.63, 3.8) is 0 Å². The van der Waals surface area contributed by atoms with E-state index in [2.05, 4.69) is 10.6 Å². The summed E-state index contributed by atoms with van der Waals surface area (Å²) >= 11 is 1.26. The Bertz CT molecular complexity index is 556. The van der Waals surface area contributed by atoms with Crippen LogP contribution in [0.4, 0.5) is 0 Å². The molecule has 2 amide bonds. The Morgan fingerprint density at radius 3 is 2.61 bits per heavy atom. The Hall–Kier alpha value is -1.93. The van der Waals surface area contributed by atoms with Gasteiger partial charge in [-0.3, -0.25) is 9.59 Å². The van der Waals surface area contributed by atoms with E-state index in [1.807, 2.05) is 13.8 Å². The van der Waals surface area contributed by atoms with Gasteiger partial charge >= 0.3 is 5.97 Å². The highest BCUT2D eigenvalue weighted by Crippen LogP contribution is 2.17. The van der Waals surface area contributed by atoms with E-state index in [4.69, 9.17) is 9.84 Å². The maximum atomic E-state index is 12.1. The Morgan fingerprint density at radius 2 is 2.04 bits per heavy atom. The molecule has 0 aromatic carbocycles. The van der Waals surface area contributed by atoms with Crippen molar-refractivity contribution in [3.05, 3.63) is 21.9 Å². The lowest BCUT2D eigenvalue weighted by molar-refractivity contribution is -0.142. The number of rotatable bonds is 9. The Labute approximate surface area is 139 Å². The minimum atomic E-state index is -1.08. The molecule has 1 heterocycles. The van der Waals surface area contributed by atoms with Gasteiger partial charge in [0, 0.05) is 12.7 Å². The Morgan fingerprint density at radius 1 is 1.35 bits per heavy atom.